The molecule has 4 nitrogen and oxygen atoms in total. The Morgan fingerprint density at radius 1 is 1.29 bits per heavy atom. The number of nitrogens with one attached hydrogen (secondary N) is 2. The molecule has 2 heterocycles. The van der Waals surface area contributed by atoms with Gasteiger partial charge in [-0.3, -0.25) is 10.00 Å². The zero-order valence-corrected chi connectivity index (χ0v) is 9.35. The van der Waals surface area contributed by atoms with Gasteiger partial charge in [0, 0.05) is 25.3 Å². The maximum atomic E-state index is 12.3. The summed E-state index contributed by atoms with van der Waals surface area (Å²) in [5.41, 5.74) is -0.334. The van der Waals surface area contributed by atoms with Gasteiger partial charge in [-0.05, 0) is 25.6 Å². The van der Waals surface area contributed by atoms with Crippen LogP contribution in [0.2, 0.25) is 0 Å². The second-order valence-corrected chi connectivity index (χ2v) is 4.16. The lowest BCUT2D eigenvalue weighted by atomic mass is 10.3. The number of rotatable bonds is 2. The van der Waals surface area contributed by atoms with Gasteiger partial charge in [0.05, 0.1) is 0 Å². The third-order valence-corrected chi connectivity index (χ3v) is 2.75. The van der Waals surface area contributed by atoms with Crippen LogP contribution in [0.15, 0.2) is 6.07 Å². The molecule has 1 saturated heterocycles. The Morgan fingerprint density at radius 2 is 2.12 bits per heavy atom. The minimum absolute atomic E-state index is 0.491. The molecule has 7 heteroatoms. The second-order valence-electron chi connectivity index (χ2n) is 4.16. The van der Waals surface area contributed by atoms with Gasteiger partial charge in [-0.1, -0.05) is 0 Å². The zero-order valence-electron chi connectivity index (χ0n) is 9.35. The van der Waals surface area contributed by atoms with Crippen molar-refractivity contribution in [2.45, 2.75) is 19.1 Å². The number of aromatic amines is 1. The summed E-state index contributed by atoms with van der Waals surface area (Å²) in [5.74, 6) is 0. The zero-order chi connectivity index (χ0) is 12.3. The SMILES string of the molecule is FC(F)(F)c1cc(CN2CCCNCC2)[nH]n1. The largest absolute Gasteiger partial charge is 0.435 e. The molecule has 1 aromatic heterocycles. The first kappa shape index (κ1) is 12.4. The van der Waals surface area contributed by atoms with E-state index < -0.39 is 11.9 Å². The van der Waals surface area contributed by atoms with Gasteiger partial charge < -0.3 is 5.32 Å². The van der Waals surface area contributed by atoms with Crippen LogP contribution in [-0.2, 0) is 12.7 Å². The molecular formula is C10H15F3N4. The van der Waals surface area contributed by atoms with Crippen molar-refractivity contribution in [3.63, 3.8) is 0 Å². The number of H-pyrrole nitrogens is 1. The summed E-state index contributed by atoms with van der Waals surface area (Å²) < 4.78 is 37.0. The normalized spacial score (nSPS) is 19.2. The standard InChI is InChI=1S/C10H15F3N4/c11-10(12,13)9-6-8(15-16-9)7-17-4-1-2-14-3-5-17/h6,14H,1-5,7H2,(H,15,16). The van der Waals surface area contributed by atoms with Crippen LogP contribution in [0.4, 0.5) is 13.2 Å². The van der Waals surface area contributed by atoms with E-state index >= 15 is 0 Å². The van der Waals surface area contributed by atoms with Crippen molar-refractivity contribution in [1.82, 2.24) is 20.4 Å². The molecule has 0 atom stereocenters. The van der Waals surface area contributed by atoms with E-state index in [-0.39, 0.29) is 0 Å². The van der Waals surface area contributed by atoms with Gasteiger partial charge in [0.1, 0.15) is 0 Å². The number of aromatic nitrogens is 2. The first-order valence-electron chi connectivity index (χ1n) is 5.60. The molecule has 0 aromatic carbocycles. The van der Waals surface area contributed by atoms with E-state index in [1.54, 1.807) is 0 Å². The van der Waals surface area contributed by atoms with Gasteiger partial charge >= 0.3 is 6.18 Å². The van der Waals surface area contributed by atoms with Crippen LogP contribution < -0.4 is 5.32 Å². The van der Waals surface area contributed by atoms with E-state index in [1.165, 1.54) is 0 Å². The van der Waals surface area contributed by atoms with Crippen molar-refractivity contribution in [2.75, 3.05) is 26.2 Å². The molecule has 0 spiro atoms. The molecule has 2 N–H and O–H groups in total. The van der Waals surface area contributed by atoms with Crippen LogP contribution >= 0.6 is 0 Å². The minimum Gasteiger partial charge on any atom is -0.315 e. The smallest absolute Gasteiger partial charge is 0.315 e. The first-order chi connectivity index (χ1) is 8.05. The summed E-state index contributed by atoms with van der Waals surface area (Å²) in [6, 6.07) is 1.08. The van der Waals surface area contributed by atoms with Crippen LogP contribution in [0.25, 0.3) is 0 Å². The van der Waals surface area contributed by atoms with E-state index in [4.69, 9.17) is 0 Å². The van der Waals surface area contributed by atoms with Crippen molar-refractivity contribution in [2.24, 2.45) is 0 Å². The van der Waals surface area contributed by atoms with Crippen molar-refractivity contribution >= 4 is 0 Å². The fraction of sp³-hybridized carbons (Fsp3) is 0.700. The van der Waals surface area contributed by atoms with E-state index in [2.05, 4.69) is 20.4 Å². The summed E-state index contributed by atoms with van der Waals surface area (Å²) in [6.07, 6.45) is -3.35. The van der Waals surface area contributed by atoms with Crippen molar-refractivity contribution in [3.8, 4) is 0 Å². The summed E-state index contributed by atoms with van der Waals surface area (Å²) in [6.45, 7) is 4.08. The quantitative estimate of drug-likeness (QED) is 0.827. The molecule has 0 amide bonds. The van der Waals surface area contributed by atoms with E-state index in [0.717, 1.165) is 38.7 Å². The molecule has 0 bridgehead atoms. The second kappa shape index (κ2) is 5.05. The summed E-state index contributed by atoms with van der Waals surface area (Å²) in [7, 11) is 0. The maximum absolute atomic E-state index is 12.3. The summed E-state index contributed by atoms with van der Waals surface area (Å²) >= 11 is 0. The van der Waals surface area contributed by atoms with Crippen molar-refractivity contribution in [1.29, 1.82) is 0 Å². The summed E-state index contributed by atoms with van der Waals surface area (Å²) in [4.78, 5) is 2.12. The fourth-order valence-electron chi connectivity index (χ4n) is 1.89. The Bertz CT molecular complexity index is 353. The van der Waals surface area contributed by atoms with Crippen molar-refractivity contribution < 1.29 is 13.2 Å². The van der Waals surface area contributed by atoms with E-state index in [0.29, 0.717) is 12.2 Å². The van der Waals surface area contributed by atoms with Gasteiger partial charge in [0.2, 0.25) is 0 Å². The van der Waals surface area contributed by atoms with Crippen LogP contribution in [0.5, 0.6) is 0 Å². The average Bonchev–Trinajstić information content (AvgIpc) is 2.56. The Hall–Kier alpha value is -1.08. The van der Waals surface area contributed by atoms with Gasteiger partial charge in [-0.15, -0.1) is 0 Å². The molecule has 0 unspecified atom stereocenters. The predicted octanol–water partition coefficient (Wildman–Crippen LogP) is 1.22. The van der Waals surface area contributed by atoms with Crippen LogP contribution in [0.3, 0.4) is 0 Å². The summed E-state index contributed by atoms with van der Waals surface area (Å²) in [5, 5.41) is 8.98. The lowest BCUT2D eigenvalue weighted by molar-refractivity contribution is -0.141. The topological polar surface area (TPSA) is 44.0 Å². The Labute approximate surface area is 97.2 Å². The monoisotopic (exact) mass is 248 g/mol. The number of hydrogen-bond acceptors (Lipinski definition) is 3. The van der Waals surface area contributed by atoms with Crippen LogP contribution in [0.1, 0.15) is 17.8 Å². The lowest BCUT2D eigenvalue weighted by Crippen LogP contribution is -2.27. The number of nitrogens with zero attached hydrogens (tertiary/aromatic N) is 2. The third kappa shape index (κ3) is 3.44. The molecule has 2 rings (SSSR count). The number of alkyl halides is 3. The molecule has 96 valence electrons. The Morgan fingerprint density at radius 3 is 2.82 bits per heavy atom. The molecule has 1 aliphatic rings. The van der Waals surface area contributed by atoms with Gasteiger partial charge in [-0.25, -0.2) is 0 Å². The predicted molar refractivity (Wildman–Crippen MR) is 56.4 cm³/mol. The molecule has 0 radical (unpaired) electrons. The number of hydrogen-bond donors (Lipinski definition) is 2. The fourth-order valence-corrected chi connectivity index (χ4v) is 1.89. The van der Waals surface area contributed by atoms with Crippen molar-refractivity contribution in [3.05, 3.63) is 17.5 Å². The molecule has 1 fully saturated rings. The third-order valence-electron chi connectivity index (χ3n) is 2.75. The Kier molecular flexibility index (Phi) is 3.68. The first-order valence-corrected chi connectivity index (χ1v) is 5.60. The van der Waals surface area contributed by atoms with E-state index in [9.17, 15) is 13.2 Å². The molecule has 1 aromatic rings. The molecule has 17 heavy (non-hydrogen) atoms. The highest BCUT2D eigenvalue weighted by Crippen LogP contribution is 2.27. The number of halogens is 3. The minimum atomic E-state index is -4.37. The average molecular weight is 248 g/mol. The van der Waals surface area contributed by atoms with Gasteiger partial charge in [0.25, 0.3) is 0 Å². The highest BCUT2D eigenvalue weighted by molar-refractivity contribution is 5.11. The molecule has 1 aliphatic heterocycles. The lowest BCUT2D eigenvalue weighted by Gasteiger charge is -2.17. The van der Waals surface area contributed by atoms with E-state index in [1.807, 2.05) is 0 Å². The van der Waals surface area contributed by atoms with Crippen LogP contribution in [-0.4, -0.2) is 41.3 Å². The highest BCUT2D eigenvalue weighted by Gasteiger charge is 2.33. The molecule has 0 saturated carbocycles. The van der Waals surface area contributed by atoms with Crippen LogP contribution in [0, 0.1) is 0 Å². The highest BCUT2D eigenvalue weighted by atomic mass is 19.4. The van der Waals surface area contributed by atoms with Gasteiger partial charge in [-0.2, -0.15) is 18.3 Å². The van der Waals surface area contributed by atoms with Gasteiger partial charge in [0.15, 0.2) is 5.69 Å². The maximum Gasteiger partial charge on any atom is 0.435 e. The molecule has 0 aliphatic carbocycles. The molecular weight excluding hydrogens is 233 g/mol. The Balaban J connectivity index is 1.96.